The fraction of sp³-hybridized carbons (Fsp3) is 0.217. The average molecular weight is 568 g/mol. The van der Waals surface area contributed by atoms with Gasteiger partial charge in [0.15, 0.2) is 11.0 Å². The zero-order chi connectivity index (χ0) is 25.3. The monoisotopic (exact) mass is 567 g/mol. The quantitative estimate of drug-likeness (QED) is 0.293. The van der Waals surface area contributed by atoms with Crippen LogP contribution in [0.4, 0.5) is 20.3 Å². The molecule has 0 saturated carbocycles. The molecule has 0 unspecified atom stereocenters. The summed E-state index contributed by atoms with van der Waals surface area (Å²) in [6.07, 6.45) is 4.81. The number of nitrogens with zero attached hydrogens (tertiary/aromatic N) is 4. The predicted molar refractivity (Wildman–Crippen MR) is 140 cm³/mol. The van der Waals surface area contributed by atoms with E-state index in [2.05, 4.69) is 30.3 Å². The van der Waals surface area contributed by atoms with Crippen molar-refractivity contribution in [2.75, 3.05) is 23.1 Å². The number of halogens is 4. The minimum Gasteiger partial charge on any atom is -0.365 e. The maximum absolute atomic E-state index is 14.1. The van der Waals surface area contributed by atoms with Gasteiger partial charge in [-0.05, 0) is 56.3 Å². The van der Waals surface area contributed by atoms with E-state index in [0.29, 0.717) is 34.2 Å². The lowest BCUT2D eigenvalue weighted by Gasteiger charge is -2.24. The van der Waals surface area contributed by atoms with Crippen LogP contribution in [-0.2, 0) is 10.0 Å². The summed E-state index contributed by atoms with van der Waals surface area (Å²) < 4.78 is 55.0. The lowest BCUT2D eigenvalue weighted by molar-refractivity contribution is 0.478. The fourth-order valence-corrected chi connectivity index (χ4v) is 5.24. The van der Waals surface area contributed by atoms with E-state index in [1.54, 1.807) is 12.1 Å². The van der Waals surface area contributed by atoms with Gasteiger partial charge in [-0.25, -0.2) is 37.1 Å². The minimum absolute atomic E-state index is 0. The van der Waals surface area contributed by atoms with Gasteiger partial charge < -0.3 is 10.6 Å². The summed E-state index contributed by atoms with van der Waals surface area (Å²) >= 11 is 6.12. The van der Waals surface area contributed by atoms with Gasteiger partial charge in [-0.1, -0.05) is 11.6 Å². The molecule has 0 amide bonds. The van der Waals surface area contributed by atoms with Crippen molar-refractivity contribution in [1.29, 1.82) is 0 Å². The Kier molecular flexibility index (Phi) is 8.02. The molecular formula is C23H21Cl2F2N7O2S. The second-order valence-corrected chi connectivity index (χ2v) is 10.2. The third kappa shape index (κ3) is 5.87. The van der Waals surface area contributed by atoms with Crippen molar-refractivity contribution < 1.29 is 17.2 Å². The normalized spacial score (nSPS) is 14.2. The fourth-order valence-electron chi connectivity index (χ4n) is 3.92. The van der Waals surface area contributed by atoms with Gasteiger partial charge in [-0.3, -0.25) is 4.72 Å². The Hall–Kier alpha value is -3.19. The molecule has 0 aliphatic carbocycles. The molecule has 0 bridgehead atoms. The van der Waals surface area contributed by atoms with E-state index in [9.17, 15) is 17.2 Å². The van der Waals surface area contributed by atoms with E-state index >= 15 is 0 Å². The van der Waals surface area contributed by atoms with Crippen molar-refractivity contribution in [3.8, 4) is 11.3 Å². The average Bonchev–Trinajstić information content (AvgIpc) is 2.85. The number of aromatic nitrogens is 4. The van der Waals surface area contributed by atoms with Gasteiger partial charge in [-0.15, -0.1) is 12.4 Å². The largest absolute Gasteiger partial charge is 0.365 e. The van der Waals surface area contributed by atoms with Crippen LogP contribution < -0.4 is 15.4 Å². The number of hydrogen-bond donors (Lipinski definition) is 3. The molecule has 1 saturated heterocycles. The Balaban J connectivity index is 0.00000320. The zero-order valence-electron chi connectivity index (χ0n) is 19.1. The van der Waals surface area contributed by atoms with Gasteiger partial charge in [0.25, 0.3) is 10.0 Å². The topological polar surface area (TPSA) is 122 Å². The second-order valence-electron chi connectivity index (χ2n) is 8.20. The van der Waals surface area contributed by atoms with Crippen molar-refractivity contribution >= 4 is 56.6 Å². The van der Waals surface area contributed by atoms with Gasteiger partial charge in [0.1, 0.15) is 28.4 Å². The summed E-state index contributed by atoms with van der Waals surface area (Å²) in [4.78, 5) is 16.7. The van der Waals surface area contributed by atoms with Gasteiger partial charge in [0, 0.05) is 23.9 Å². The standard InChI is InChI=1S/C23H20ClF2N7O2S.ClH/c24-22-19(33-36(34,35)20-4-1-14(25)10-16(20)26)9-13(11-28-22)17-2-3-18-21(32-17)23(30-12-29-18)31-15-5-7-27-8-6-15;/h1-4,9-12,15,27,33H,5-8H2,(H,29,30,31);1H. The van der Waals surface area contributed by atoms with E-state index in [-0.39, 0.29) is 29.3 Å². The van der Waals surface area contributed by atoms with Crippen molar-refractivity contribution in [1.82, 2.24) is 25.3 Å². The molecule has 4 aromatic rings. The number of benzene rings is 1. The lowest BCUT2D eigenvalue weighted by Crippen LogP contribution is -2.35. The molecule has 1 fully saturated rings. The van der Waals surface area contributed by atoms with Crippen LogP contribution in [0.15, 0.2) is 53.8 Å². The molecule has 0 radical (unpaired) electrons. The summed E-state index contributed by atoms with van der Waals surface area (Å²) in [5, 5.41) is 6.60. The summed E-state index contributed by atoms with van der Waals surface area (Å²) in [6, 6.07) is 7.35. The highest BCUT2D eigenvalue weighted by Crippen LogP contribution is 2.30. The number of anilines is 2. The van der Waals surface area contributed by atoms with Crippen LogP contribution in [0, 0.1) is 11.6 Å². The first-order chi connectivity index (χ1) is 17.3. The summed E-state index contributed by atoms with van der Waals surface area (Å²) in [5.74, 6) is -1.52. The van der Waals surface area contributed by atoms with Crippen molar-refractivity contribution in [3.63, 3.8) is 0 Å². The third-order valence-electron chi connectivity index (χ3n) is 5.72. The van der Waals surface area contributed by atoms with E-state index in [0.717, 1.165) is 38.1 Å². The van der Waals surface area contributed by atoms with Crippen molar-refractivity contribution in [3.05, 3.63) is 65.7 Å². The van der Waals surface area contributed by atoms with E-state index < -0.39 is 26.6 Å². The molecule has 3 aromatic heterocycles. The first kappa shape index (κ1) is 26.9. The Bertz CT molecular complexity index is 1550. The Morgan fingerprint density at radius 2 is 1.81 bits per heavy atom. The minimum atomic E-state index is -4.41. The molecule has 194 valence electrons. The number of sulfonamides is 1. The van der Waals surface area contributed by atoms with E-state index in [4.69, 9.17) is 16.6 Å². The molecular weight excluding hydrogens is 547 g/mol. The van der Waals surface area contributed by atoms with Crippen LogP contribution in [0.3, 0.4) is 0 Å². The first-order valence-electron chi connectivity index (χ1n) is 11.0. The Morgan fingerprint density at radius 3 is 2.57 bits per heavy atom. The van der Waals surface area contributed by atoms with Crippen molar-refractivity contribution in [2.45, 2.75) is 23.8 Å². The molecule has 1 aromatic carbocycles. The zero-order valence-corrected chi connectivity index (χ0v) is 21.5. The van der Waals surface area contributed by atoms with Crippen molar-refractivity contribution in [2.24, 2.45) is 0 Å². The number of rotatable bonds is 6. The number of nitrogens with one attached hydrogen (secondary N) is 3. The SMILES string of the molecule is Cl.O=S(=O)(Nc1cc(-c2ccc3ncnc(NC4CCNCC4)c3n2)cnc1Cl)c1ccc(F)cc1F. The maximum atomic E-state index is 14.1. The van der Waals surface area contributed by atoms with E-state index in [1.165, 1.54) is 18.6 Å². The molecule has 0 atom stereocenters. The summed E-state index contributed by atoms with van der Waals surface area (Å²) in [6.45, 7) is 1.83. The van der Waals surface area contributed by atoms with Gasteiger partial charge in [0.2, 0.25) is 0 Å². The maximum Gasteiger partial charge on any atom is 0.264 e. The number of hydrogen-bond acceptors (Lipinski definition) is 8. The number of fused-ring (bicyclic) bond motifs is 1. The van der Waals surface area contributed by atoms with Crippen LogP contribution in [-0.4, -0.2) is 47.5 Å². The number of piperidine rings is 1. The van der Waals surface area contributed by atoms with Gasteiger partial charge in [0.05, 0.1) is 16.9 Å². The molecule has 3 N–H and O–H groups in total. The molecule has 1 aliphatic heterocycles. The highest BCUT2D eigenvalue weighted by molar-refractivity contribution is 7.92. The molecule has 5 rings (SSSR count). The third-order valence-corrected chi connectivity index (χ3v) is 7.42. The van der Waals surface area contributed by atoms with Crippen LogP contribution in [0.5, 0.6) is 0 Å². The number of pyridine rings is 2. The molecule has 37 heavy (non-hydrogen) atoms. The summed E-state index contributed by atoms with van der Waals surface area (Å²) in [5.41, 5.74) is 2.04. The van der Waals surface area contributed by atoms with Crippen LogP contribution in [0.2, 0.25) is 5.15 Å². The van der Waals surface area contributed by atoms with Crippen LogP contribution in [0.1, 0.15) is 12.8 Å². The molecule has 14 heteroatoms. The lowest BCUT2D eigenvalue weighted by atomic mass is 10.1. The molecule has 4 heterocycles. The van der Waals surface area contributed by atoms with Crippen LogP contribution in [0.25, 0.3) is 22.3 Å². The Morgan fingerprint density at radius 1 is 1.03 bits per heavy atom. The Labute approximate surface area is 222 Å². The van der Waals surface area contributed by atoms with Gasteiger partial charge in [-0.2, -0.15) is 0 Å². The predicted octanol–water partition coefficient (Wildman–Crippen LogP) is 4.40. The van der Waals surface area contributed by atoms with E-state index in [1.807, 2.05) is 0 Å². The van der Waals surface area contributed by atoms with Gasteiger partial charge >= 0.3 is 0 Å². The molecule has 9 nitrogen and oxygen atoms in total. The second kappa shape index (κ2) is 11.1. The molecule has 1 aliphatic rings. The van der Waals surface area contributed by atoms with Crippen LogP contribution >= 0.6 is 24.0 Å². The smallest absolute Gasteiger partial charge is 0.264 e. The summed E-state index contributed by atoms with van der Waals surface area (Å²) in [7, 11) is -4.41. The highest BCUT2D eigenvalue weighted by Gasteiger charge is 2.22. The highest BCUT2D eigenvalue weighted by atomic mass is 35.5. The molecule has 0 spiro atoms. The first-order valence-corrected chi connectivity index (χ1v) is 12.9.